The molecule has 0 spiro atoms. The number of amides is 1. The van der Waals surface area contributed by atoms with Crippen LogP contribution in [0.15, 0.2) is 24.3 Å². The fourth-order valence-electron chi connectivity index (χ4n) is 4.24. The summed E-state index contributed by atoms with van der Waals surface area (Å²) < 4.78 is 0. The van der Waals surface area contributed by atoms with Gasteiger partial charge in [0, 0.05) is 24.5 Å². The van der Waals surface area contributed by atoms with Gasteiger partial charge >= 0.3 is 0 Å². The topological polar surface area (TPSA) is 73.4 Å². The van der Waals surface area contributed by atoms with Crippen LogP contribution >= 0.6 is 0 Å². The van der Waals surface area contributed by atoms with Crippen molar-refractivity contribution in [2.45, 2.75) is 96.2 Å². The van der Waals surface area contributed by atoms with Gasteiger partial charge in [-0.2, -0.15) is 0 Å². The highest BCUT2D eigenvalue weighted by molar-refractivity contribution is 5.73. The van der Waals surface area contributed by atoms with E-state index >= 15 is 0 Å². The number of carbonyl (C=O) groups excluding carboxylic acids is 1. The lowest BCUT2D eigenvalue weighted by atomic mass is 9.73. The molecular weight excluding hydrogens is 350 g/mol. The molecule has 5 heteroatoms. The second-order valence-corrected chi connectivity index (χ2v) is 9.34. The van der Waals surface area contributed by atoms with Gasteiger partial charge in [0.05, 0.1) is 0 Å². The standard InChI is InChI=1S/C23H39N3O2/c1-6-20(25-17(2)27)12-15-24-23(13-10-21(26-28)11-14-23)19-9-7-8-18(16-19)22(3,4)5/h7-9,16,20-21,24,26,28H,6,10-15H2,1-5H3,(H,25,27)/t20-,21?,23?/m0/s1. The molecule has 0 unspecified atom stereocenters. The zero-order valence-electron chi connectivity index (χ0n) is 18.3. The van der Waals surface area contributed by atoms with Crippen molar-refractivity contribution < 1.29 is 10.0 Å². The van der Waals surface area contributed by atoms with Gasteiger partial charge < -0.3 is 15.8 Å². The Balaban J connectivity index is 2.18. The molecule has 28 heavy (non-hydrogen) atoms. The molecule has 1 aliphatic carbocycles. The van der Waals surface area contributed by atoms with Crippen LogP contribution in [-0.2, 0) is 15.7 Å². The SMILES string of the molecule is CC[C@@H](CCNC1(c2cccc(C(C)(C)C)c2)CCC(NO)CC1)NC(C)=O. The second kappa shape index (κ2) is 9.86. The minimum absolute atomic E-state index is 0.0361. The Morgan fingerprint density at radius 3 is 2.50 bits per heavy atom. The van der Waals surface area contributed by atoms with Gasteiger partial charge in [0.2, 0.25) is 5.91 Å². The minimum Gasteiger partial charge on any atom is -0.354 e. The van der Waals surface area contributed by atoms with Gasteiger partial charge in [-0.15, -0.1) is 0 Å². The van der Waals surface area contributed by atoms with Crippen molar-refractivity contribution in [2.75, 3.05) is 6.54 Å². The molecule has 0 radical (unpaired) electrons. The first-order valence-corrected chi connectivity index (χ1v) is 10.7. The van der Waals surface area contributed by atoms with Crippen molar-refractivity contribution in [3.63, 3.8) is 0 Å². The van der Waals surface area contributed by atoms with Crippen LogP contribution in [-0.4, -0.2) is 29.7 Å². The van der Waals surface area contributed by atoms with Crippen molar-refractivity contribution in [2.24, 2.45) is 0 Å². The minimum atomic E-state index is -0.0802. The molecule has 0 heterocycles. The summed E-state index contributed by atoms with van der Waals surface area (Å²) in [6.45, 7) is 11.3. The molecule has 158 valence electrons. The van der Waals surface area contributed by atoms with E-state index in [9.17, 15) is 10.0 Å². The molecule has 1 aromatic rings. The van der Waals surface area contributed by atoms with E-state index in [-0.39, 0.29) is 28.9 Å². The molecular formula is C23H39N3O2. The molecule has 0 bridgehead atoms. The van der Waals surface area contributed by atoms with Crippen LogP contribution in [0.1, 0.15) is 84.3 Å². The van der Waals surface area contributed by atoms with Crippen LogP contribution in [0.25, 0.3) is 0 Å². The Morgan fingerprint density at radius 2 is 1.96 bits per heavy atom. The third kappa shape index (κ3) is 6.03. The fraction of sp³-hybridized carbons (Fsp3) is 0.696. The number of carbonyl (C=O) groups is 1. The number of hydrogen-bond donors (Lipinski definition) is 4. The first-order chi connectivity index (χ1) is 13.2. The Labute approximate surface area is 170 Å². The molecule has 1 fully saturated rings. The van der Waals surface area contributed by atoms with E-state index in [1.807, 2.05) is 0 Å². The lowest BCUT2D eigenvalue weighted by Crippen LogP contribution is -2.49. The monoisotopic (exact) mass is 389 g/mol. The summed E-state index contributed by atoms with van der Waals surface area (Å²) in [4.78, 5) is 11.4. The number of hydrogen-bond acceptors (Lipinski definition) is 4. The predicted molar refractivity (Wildman–Crippen MR) is 115 cm³/mol. The predicted octanol–water partition coefficient (Wildman–Crippen LogP) is 4.00. The van der Waals surface area contributed by atoms with Gasteiger partial charge in [-0.25, -0.2) is 5.48 Å². The van der Waals surface area contributed by atoms with Crippen molar-refractivity contribution in [3.8, 4) is 0 Å². The summed E-state index contributed by atoms with van der Waals surface area (Å²) in [7, 11) is 0. The summed E-state index contributed by atoms with van der Waals surface area (Å²) in [5, 5.41) is 16.2. The number of nitrogens with one attached hydrogen (secondary N) is 3. The molecule has 1 saturated carbocycles. The molecule has 5 nitrogen and oxygen atoms in total. The Bertz CT molecular complexity index is 631. The summed E-state index contributed by atoms with van der Waals surface area (Å²) in [5.74, 6) is 0.0361. The van der Waals surface area contributed by atoms with E-state index in [1.54, 1.807) is 6.92 Å². The average molecular weight is 390 g/mol. The van der Waals surface area contributed by atoms with Crippen LogP contribution in [0, 0.1) is 0 Å². The molecule has 4 N–H and O–H groups in total. The van der Waals surface area contributed by atoms with Crippen LogP contribution in [0.5, 0.6) is 0 Å². The summed E-state index contributed by atoms with van der Waals surface area (Å²) in [5.41, 5.74) is 5.17. The van der Waals surface area contributed by atoms with Crippen molar-refractivity contribution in [1.29, 1.82) is 0 Å². The smallest absolute Gasteiger partial charge is 0.217 e. The zero-order valence-corrected chi connectivity index (χ0v) is 18.3. The molecule has 1 atom stereocenters. The van der Waals surface area contributed by atoms with E-state index in [0.717, 1.165) is 45.1 Å². The van der Waals surface area contributed by atoms with Gasteiger partial charge in [-0.3, -0.25) is 4.79 Å². The van der Waals surface area contributed by atoms with E-state index in [4.69, 9.17) is 0 Å². The highest BCUT2D eigenvalue weighted by Crippen LogP contribution is 2.38. The van der Waals surface area contributed by atoms with Gasteiger partial charge in [-0.05, 0) is 61.6 Å². The largest absolute Gasteiger partial charge is 0.354 e. The van der Waals surface area contributed by atoms with Crippen LogP contribution in [0.3, 0.4) is 0 Å². The first-order valence-electron chi connectivity index (χ1n) is 10.7. The third-order valence-corrected chi connectivity index (χ3v) is 6.16. The van der Waals surface area contributed by atoms with Gasteiger partial charge in [0.25, 0.3) is 0 Å². The van der Waals surface area contributed by atoms with E-state index < -0.39 is 0 Å². The number of rotatable bonds is 8. The van der Waals surface area contributed by atoms with Gasteiger partial charge in [0.15, 0.2) is 0 Å². The third-order valence-electron chi connectivity index (χ3n) is 6.16. The molecule has 2 rings (SSSR count). The first kappa shape index (κ1) is 22.9. The zero-order chi connectivity index (χ0) is 20.8. The Morgan fingerprint density at radius 1 is 1.29 bits per heavy atom. The van der Waals surface area contributed by atoms with Crippen LogP contribution in [0.4, 0.5) is 0 Å². The van der Waals surface area contributed by atoms with Crippen LogP contribution < -0.4 is 16.1 Å². The molecule has 1 aliphatic rings. The molecule has 0 aromatic heterocycles. The van der Waals surface area contributed by atoms with Gasteiger partial charge in [-0.1, -0.05) is 52.0 Å². The maximum Gasteiger partial charge on any atom is 0.217 e. The van der Waals surface area contributed by atoms with E-state index in [0.29, 0.717) is 0 Å². The lowest BCUT2D eigenvalue weighted by molar-refractivity contribution is -0.119. The quantitative estimate of drug-likeness (QED) is 0.507. The molecule has 1 aromatic carbocycles. The van der Waals surface area contributed by atoms with Gasteiger partial charge in [0.1, 0.15) is 0 Å². The van der Waals surface area contributed by atoms with Crippen molar-refractivity contribution in [1.82, 2.24) is 16.1 Å². The summed E-state index contributed by atoms with van der Waals surface area (Å²) in [6, 6.07) is 9.34. The van der Waals surface area contributed by atoms with Crippen molar-refractivity contribution in [3.05, 3.63) is 35.4 Å². The highest BCUT2D eigenvalue weighted by Gasteiger charge is 2.37. The summed E-state index contributed by atoms with van der Waals surface area (Å²) >= 11 is 0. The second-order valence-electron chi connectivity index (χ2n) is 9.34. The molecule has 0 aliphatic heterocycles. The number of hydroxylamine groups is 1. The molecule has 1 amide bonds. The lowest BCUT2D eigenvalue weighted by Gasteiger charge is -2.42. The fourth-order valence-corrected chi connectivity index (χ4v) is 4.24. The van der Waals surface area contributed by atoms with Crippen molar-refractivity contribution >= 4 is 5.91 Å². The maximum atomic E-state index is 11.4. The molecule has 0 saturated heterocycles. The van der Waals surface area contributed by atoms with E-state index in [1.165, 1.54) is 11.1 Å². The average Bonchev–Trinajstić information content (AvgIpc) is 2.67. The Hall–Kier alpha value is -1.43. The van der Waals surface area contributed by atoms with E-state index in [2.05, 4.69) is 68.1 Å². The normalized spacial score (nSPS) is 24.0. The Kier molecular flexibility index (Phi) is 8.05. The van der Waals surface area contributed by atoms with Crippen LogP contribution in [0.2, 0.25) is 0 Å². The summed E-state index contributed by atoms with van der Waals surface area (Å²) in [6.07, 6.45) is 5.69. The maximum absolute atomic E-state index is 11.4. The highest BCUT2D eigenvalue weighted by atomic mass is 16.5. The number of benzene rings is 1.